The molecule has 0 bridgehead atoms. The summed E-state index contributed by atoms with van der Waals surface area (Å²) in [5.41, 5.74) is 1.16. The lowest BCUT2D eigenvalue weighted by atomic mass is 9.81. The minimum absolute atomic E-state index is 0.0765. The second-order valence-electron chi connectivity index (χ2n) is 8.16. The molecule has 1 aromatic carbocycles. The van der Waals surface area contributed by atoms with Gasteiger partial charge in [0.05, 0.1) is 11.8 Å². The first-order chi connectivity index (χ1) is 14.1. The van der Waals surface area contributed by atoms with Crippen molar-refractivity contribution in [2.24, 2.45) is 11.8 Å². The summed E-state index contributed by atoms with van der Waals surface area (Å²) in [5, 5.41) is 0. The summed E-state index contributed by atoms with van der Waals surface area (Å²) in [6, 6.07) is 9.53. The number of thioether (sulfide) groups is 1. The lowest BCUT2D eigenvalue weighted by molar-refractivity contribution is -0.150. The minimum atomic E-state index is -0.668. The minimum Gasteiger partial charge on any atom is -0.368 e. The Hall–Kier alpha value is -2.02. The van der Waals surface area contributed by atoms with E-state index in [0.29, 0.717) is 18.8 Å². The number of benzene rings is 1. The summed E-state index contributed by atoms with van der Waals surface area (Å²) in [6.07, 6.45) is 5.47. The summed E-state index contributed by atoms with van der Waals surface area (Å²) >= 11 is 1.52. The van der Waals surface area contributed by atoms with Gasteiger partial charge in [-0.3, -0.25) is 19.3 Å². The first kappa shape index (κ1) is 20.3. The molecule has 29 heavy (non-hydrogen) atoms. The van der Waals surface area contributed by atoms with Gasteiger partial charge in [-0.05, 0) is 31.2 Å². The molecule has 2 heterocycles. The van der Waals surface area contributed by atoms with E-state index in [4.69, 9.17) is 0 Å². The normalized spacial score (nSPS) is 25.9. The van der Waals surface area contributed by atoms with Crippen molar-refractivity contribution in [2.75, 3.05) is 43.1 Å². The number of imide groups is 1. The van der Waals surface area contributed by atoms with E-state index < -0.39 is 6.04 Å². The fourth-order valence-corrected chi connectivity index (χ4v) is 5.55. The van der Waals surface area contributed by atoms with E-state index >= 15 is 0 Å². The van der Waals surface area contributed by atoms with Gasteiger partial charge in [-0.1, -0.05) is 31.0 Å². The van der Waals surface area contributed by atoms with E-state index in [1.54, 1.807) is 0 Å². The molecule has 0 N–H and O–H groups in total. The highest BCUT2D eigenvalue weighted by molar-refractivity contribution is 7.98. The predicted octanol–water partition coefficient (Wildman–Crippen LogP) is 2.24. The Balaban J connectivity index is 1.46. The topological polar surface area (TPSA) is 60.9 Å². The van der Waals surface area contributed by atoms with Crippen LogP contribution in [0.5, 0.6) is 0 Å². The van der Waals surface area contributed by atoms with Crippen LogP contribution in [0.3, 0.4) is 0 Å². The van der Waals surface area contributed by atoms with Gasteiger partial charge in [0, 0.05) is 37.6 Å². The average Bonchev–Trinajstić information content (AvgIpc) is 3.03. The van der Waals surface area contributed by atoms with Crippen LogP contribution in [0.25, 0.3) is 0 Å². The maximum Gasteiger partial charge on any atom is 0.246 e. The van der Waals surface area contributed by atoms with Gasteiger partial charge in [0.2, 0.25) is 17.7 Å². The van der Waals surface area contributed by atoms with Gasteiger partial charge in [-0.25, -0.2) is 0 Å². The number of carbonyl (C=O) groups excluding carboxylic acids is 3. The van der Waals surface area contributed by atoms with Gasteiger partial charge in [-0.15, -0.1) is 0 Å². The number of rotatable bonds is 5. The number of fused-ring (bicyclic) bond motifs is 1. The van der Waals surface area contributed by atoms with Crippen LogP contribution in [0.2, 0.25) is 0 Å². The van der Waals surface area contributed by atoms with Gasteiger partial charge >= 0.3 is 0 Å². The van der Waals surface area contributed by atoms with E-state index in [-0.39, 0.29) is 29.6 Å². The summed E-state index contributed by atoms with van der Waals surface area (Å²) in [5.74, 6) is -0.251. The van der Waals surface area contributed by atoms with Crippen LogP contribution < -0.4 is 4.90 Å². The number of piperazine rings is 1. The molecule has 0 spiro atoms. The molecule has 4 rings (SSSR count). The summed E-state index contributed by atoms with van der Waals surface area (Å²) in [6.45, 7) is 2.74. The number of hydrogen-bond donors (Lipinski definition) is 0. The third-order valence-electron chi connectivity index (χ3n) is 6.51. The SMILES string of the molecule is CSCC(C(=O)N1CCN(c2ccccc2)CC1)N1C(=O)C2CCCCC2C1=O. The molecule has 1 aromatic rings. The molecule has 156 valence electrons. The Morgan fingerprint density at radius 2 is 1.59 bits per heavy atom. The summed E-state index contributed by atoms with van der Waals surface area (Å²) < 4.78 is 0. The average molecular weight is 416 g/mol. The van der Waals surface area contributed by atoms with E-state index in [2.05, 4.69) is 17.0 Å². The molecule has 3 atom stereocenters. The Morgan fingerprint density at radius 1 is 1.00 bits per heavy atom. The second kappa shape index (κ2) is 8.78. The van der Waals surface area contributed by atoms with Crippen LogP contribution in [0, 0.1) is 11.8 Å². The molecular formula is C22H29N3O3S. The van der Waals surface area contributed by atoms with Crippen molar-refractivity contribution in [1.82, 2.24) is 9.80 Å². The van der Waals surface area contributed by atoms with Gasteiger partial charge in [-0.2, -0.15) is 11.8 Å². The van der Waals surface area contributed by atoms with E-state index in [0.717, 1.165) is 44.5 Å². The molecule has 0 radical (unpaired) electrons. The van der Waals surface area contributed by atoms with Crippen LogP contribution >= 0.6 is 11.8 Å². The van der Waals surface area contributed by atoms with Crippen molar-refractivity contribution in [2.45, 2.75) is 31.7 Å². The van der Waals surface area contributed by atoms with Crippen molar-refractivity contribution in [1.29, 1.82) is 0 Å². The Kier molecular flexibility index (Phi) is 6.13. The summed E-state index contributed by atoms with van der Waals surface area (Å²) in [7, 11) is 0. The highest BCUT2D eigenvalue weighted by Gasteiger charge is 2.52. The van der Waals surface area contributed by atoms with Gasteiger partial charge in [0.1, 0.15) is 6.04 Å². The molecule has 1 aliphatic carbocycles. The molecule has 1 saturated carbocycles. The van der Waals surface area contributed by atoms with Crippen molar-refractivity contribution < 1.29 is 14.4 Å². The predicted molar refractivity (Wildman–Crippen MR) is 115 cm³/mol. The number of nitrogens with zero attached hydrogens (tertiary/aromatic N) is 3. The molecule has 3 amide bonds. The highest BCUT2D eigenvalue weighted by atomic mass is 32.2. The molecule has 2 saturated heterocycles. The van der Waals surface area contributed by atoms with Crippen molar-refractivity contribution >= 4 is 35.2 Å². The largest absolute Gasteiger partial charge is 0.368 e. The lowest BCUT2D eigenvalue weighted by Crippen LogP contribution is -2.57. The number of hydrogen-bond acceptors (Lipinski definition) is 5. The molecule has 3 aliphatic rings. The highest BCUT2D eigenvalue weighted by Crippen LogP contribution is 2.39. The number of carbonyl (C=O) groups is 3. The number of likely N-dealkylation sites (tertiary alicyclic amines) is 1. The Labute approximate surface area is 176 Å². The van der Waals surface area contributed by atoms with Crippen molar-refractivity contribution in [3.63, 3.8) is 0 Å². The zero-order valence-corrected chi connectivity index (χ0v) is 17.8. The van der Waals surface area contributed by atoms with Crippen LogP contribution in [0.4, 0.5) is 5.69 Å². The standard InChI is InChI=1S/C22H29N3O3S/c1-29-15-19(25-20(26)17-9-5-6-10-18(17)21(25)27)22(28)24-13-11-23(12-14-24)16-7-3-2-4-8-16/h2-4,7-8,17-19H,5-6,9-15H2,1H3. The second-order valence-corrected chi connectivity index (χ2v) is 9.07. The van der Waals surface area contributed by atoms with Crippen molar-refractivity contribution in [3.05, 3.63) is 30.3 Å². The fourth-order valence-electron chi connectivity index (χ4n) is 4.94. The zero-order chi connectivity index (χ0) is 20.4. The zero-order valence-electron chi connectivity index (χ0n) is 17.0. The van der Waals surface area contributed by atoms with E-state index in [9.17, 15) is 14.4 Å². The molecule has 7 heteroatoms. The van der Waals surface area contributed by atoms with Crippen molar-refractivity contribution in [3.8, 4) is 0 Å². The molecule has 3 fully saturated rings. The van der Waals surface area contributed by atoms with Crippen LogP contribution in [0.1, 0.15) is 25.7 Å². The Morgan fingerprint density at radius 3 is 2.14 bits per heavy atom. The number of amides is 3. The van der Waals surface area contributed by atoms with E-state index in [1.807, 2.05) is 29.4 Å². The maximum absolute atomic E-state index is 13.4. The summed E-state index contributed by atoms with van der Waals surface area (Å²) in [4.78, 5) is 44.8. The Bertz CT molecular complexity index is 740. The van der Waals surface area contributed by atoms with Gasteiger partial charge in [0.15, 0.2) is 0 Å². The van der Waals surface area contributed by atoms with Gasteiger partial charge in [0.25, 0.3) is 0 Å². The molecule has 6 nitrogen and oxygen atoms in total. The van der Waals surface area contributed by atoms with Crippen LogP contribution in [-0.4, -0.2) is 71.8 Å². The number of para-hydroxylation sites is 1. The molecule has 3 unspecified atom stereocenters. The monoisotopic (exact) mass is 415 g/mol. The smallest absolute Gasteiger partial charge is 0.246 e. The lowest BCUT2D eigenvalue weighted by Gasteiger charge is -2.38. The quantitative estimate of drug-likeness (QED) is 0.691. The fraction of sp³-hybridized carbons (Fsp3) is 0.591. The first-order valence-corrected chi connectivity index (χ1v) is 12.0. The van der Waals surface area contributed by atoms with Crippen LogP contribution in [-0.2, 0) is 14.4 Å². The van der Waals surface area contributed by atoms with Crippen LogP contribution in [0.15, 0.2) is 30.3 Å². The molecule has 2 aliphatic heterocycles. The van der Waals surface area contributed by atoms with Gasteiger partial charge < -0.3 is 9.80 Å². The third kappa shape index (κ3) is 3.89. The van der Waals surface area contributed by atoms with E-state index in [1.165, 1.54) is 16.7 Å². The molecular weight excluding hydrogens is 386 g/mol. The number of anilines is 1. The third-order valence-corrected chi connectivity index (χ3v) is 7.16. The maximum atomic E-state index is 13.4. The first-order valence-electron chi connectivity index (χ1n) is 10.6. The molecule has 0 aromatic heterocycles.